The summed E-state index contributed by atoms with van der Waals surface area (Å²) in [4.78, 5) is 27.3. The molecule has 158 valence electrons. The molecule has 0 radical (unpaired) electrons. The second-order valence-corrected chi connectivity index (χ2v) is 7.92. The van der Waals surface area contributed by atoms with Crippen LogP contribution in [-0.2, 0) is 19.1 Å². The summed E-state index contributed by atoms with van der Waals surface area (Å²) < 4.78 is 11.4. The standard InChI is InChI=1S/C21H40N2O4/c1-6-7-12-19(27-17(4)5)21(25)23-14-10-11-18(23)20(24)22-13-8-9-15-26-16(2)3/h16-19H,6-15H2,1-5H3,(H,22,24)/t18-,19?/m0/s1. The van der Waals surface area contributed by atoms with Crippen LogP contribution in [0.1, 0.15) is 79.6 Å². The maximum absolute atomic E-state index is 13.0. The molecule has 1 saturated heterocycles. The van der Waals surface area contributed by atoms with Crippen LogP contribution in [0.5, 0.6) is 0 Å². The minimum absolute atomic E-state index is 0.00116. The Bertz CT molecular complexity index is 440. The first-order valence-corrected chi connectivity index (χ1v) is 10.7. The van der Waals surface area contributed by atoms with E-state index in [9.17, 15) is 9.59 Å². The van der Waals surface area contributed by atoms with E-state index >= 15 is 0 Å². The highest BCUT2D eigenvalue weighted by molar-refractivity contribution is 5.90. The molecule has 1 N–H and O–H groups in total. The summed E-state index contributed by atoms with van der Waals surface area (Å²) in [6.45, 7) is 12.0. The zero-order valence-corrected chi connectivity index (χ0v) is 18.0. The SMILES string of the molecule is CCCCC(OC(C)C)C(=O)N1CCC[C@H]1C(=O)NCCCCOC(C)C. The molecule has 1 aliphatic rings. The lowest BCUT2D eigenvalue weighted by Crippen LogP contribution is -2.50. The predicted octanol–water partition coefficient (Wildman–Crippen LogP) is 3.28. The van der Waals surface area contributed by atoms with Crippen LogP contribution in [-0.4, -0.2) is 60.8 Å². The van der Waals surface area contributed by atoms with Crippen LogP contribution >= 0.6 is 0 Å². The lowest BCUT2D eigenvalue weighted by molar-refractivity contribution is -0.151. The number of rotatable bonds is 13. The molecule has 0 bridgehead atoms. The summed E-state index contributed by atoms with van der Waals surface area (Å²) in [7, 11) is 0. The zero-order valence-electron chi connectivity index (χ0n) is 18.0. The summed E-state index contributed by atoms with van der Waals surface area (Å²) >= 11 is 0. The van der Waals surface area contributed by atoms with Crippen LogP contribution in [0.3, 0.4) is 0 Å². The second-order valence-electron chi connectivity index (χ2n) is 7.92. The van der Waals surface area contributed by atoms with Gasteiger partial charge in [0, 0.05) is 19.7 Å². The van der Waals surface area contributed by atoms with Gasteiger partial charge in [0.1, 0.15) is 12.1 Å². The van der Waals surface area contributed by atoms with Gasteiger partial charge in [-0.1, -0.05) is 19.8 Å². The van der Waals surface area contributed by atoms with Crippen LogP contribution in [0.2, 0.25) is 0 Å². The van der Waals surface area contributed by atoms with Gasteiger partial charge in [-0.15, -0.1) is 0 Å². The smallest absolute Gasteiger partial charge is 0.252 e. The average molecular weight is 385 g/mol. The molecular formula is C21H40N2O4. The third-order valence-electron chi connectivity index (χ3n) is 4.69. The van der Waals surface area contributed by atoms with Crippen molar-refractivity contribution in [1.29, 1.82) is 0 Å². The molecule has 6 heteroatoms. The second kappa shape index (κ2) is 13.1. The number of carbonyl (C=O) groups is 2. The van der Waals surface area contributed by atoms with Crippen molar-refractivity contribution in [1.82, 2.24) is 10.2 Å². The summed E-state index contributed by atoms with van der Waals surface area (Å²) in [5, 5.41) is 2.99. The van der Waals surface area contributed by atoms with E-state index in [2.05, 4.69) is 12.2 Å². The van der Waals surface area contributed by atoms with E-state index in [-0.39, 0.29) is 30.1 Å². The Labute approximate surface area is 165 Å². The highest BCUT2D eigenvalue weighted by Crippen LogP contribution is 2.21. The van der Waals surface area contributed by atoms with Crippen molar-refractivity contribution in [2.24, 2.45) is 0 Å². The Hall–Kier alpha value is -1.14. The molecule has 2 amide bonds. The molecule has 6 nitrogen and oxygen atoms in total. The maximum Gasteiger partial charge on any atom is 0.252 e. The first kappa shape index (κ1) is 23.9. The van der Waals surface area contributed by atoms with Crippen LogP contribution in [0.25, 0.3) is 0 Å². The number of hydrogen-bond acceptors (Lipinski definition) is 4. The Kier molecular flexibility index (Phi) is 11.6. The average Bonchev–Trinajstić information content (AvgIpc) is 3.10. The van der Waals surface area contributed by atoms with Crippen molar-refractivity contribution in [2.45, 2.75) is 104 Å². The topological polar surface area (TPSA) is 67.9 Å². The van der Waals surface area contributed by atoms with Gasteiger partial charge < -0.3 is 19.7 Å². The summed E-state index contributed by atoms with van der Waals surface area (Å²) in [5.41, 5.74) is 0. The van der Waals surface area contributed by atoms with Crippen LogP contribution in [0.15, 0.2) is 0 Å². The van der Waals surface area contributed by atoms with Gasteiger partial charge in [-0.05, 0) is 59.8 Å². The molecule has 0 saturated carbocycles. The highest BCUT2D eigenvalue weighted by atomic mass is 16.5. The number of hydrogen-bond donors (Lipinski definition) is 1. The van der Waals surface area contributed by atoms with E-state index in [0.717, 1.165) is 38.5 Å². The number of nitrogens with one attached hydrogen (secondary N) is 1. The number of unbranched alkanes of at least 4 members (excludes halogenated alkanes) is 2. The van der Waals surface area contributed by atoms with E-state index in [0.29, 0.717) is 26.1 Å². The molecular weight excluding hydrogens is 344 g/mol. The van der Waals surface area contributed by atoms with Crippen molar-refractivity contribution >= 4 is 11.8 Å². The maximum atomic E-state index is 13.0. The lowest BCUT2D eigenvalue weighted by atomic mass is 10.1. The van der Waals surface area contributed by atoms with E-state index < -0.39 is 6.10 Å². The van der Waals surface area contributed by atoms with E-state index in [1.165, 1.54) is 0 Å². The number of ether oxygens (including phenoxy) is 2. The molecule has 27 heavy (non-hydrogen) atoms. The molecule has 0 aliphatic carbocycles. The number of likely N-dealkylation sites (tertiary alicyclic amines) is 1. The molecule has 1 rings (SSSR count). The molecule has 2 atom stereocenters. The van der Waals surface area contributed by atoms with Gasteiger partial charge in [-0.3, -0.25) is 9.59 Å². The fourth-order valence-electron chi connectivity index (χ4n) is 3.33. The van der Waals surface area contributed by atoms with Gasteiger partial charge in [-0.25, -0.2) is 0 Å². The summed E-state index contributed by atoms with van der Waals surface area (Å²) in [6, 6.07) is -0.357. The quantitative estimate of drug-likeness (QED) is 0.495. The minimum Gasteiger partial charge on any atom is -0.379 e. The highest BCUT2D eigenvalue weighted by Gasteiger charge is 2.37. The van der Waals surface area contributed by atoms with Gasteiger partial charge in [-0.2, -0.15) is 0 Å². The van der Waals surface area contributed by atoms with E-state index in [1.54, 1.807) is 4.90 Å². The third-order valence-corrected chi connectivity index (χ3v) is 4.69. The lowest BCUT2D eigenvalue weighted by Gasteiger charge is -2.29. The largest absolute Gasteiger partial charge is 0.379 e. The van der Waals surface area contributed by atoms with Gasteiger partial charge in [0.2, 0.25) is 5.91 Å². The molecule has 0 aromatic heterocycles. The number of amides is 2. The molecule has 0 aromatic rings. The van der Waals surface area contributed by atoms with Crippen molar-refractivity contribution in [3.8, 4) is 0 Å². The Morgan fingerprint density at radius 1 is 1.11 bits per heavy atom. The van der Waals surface area contributed by atoms with Crippen molar-refractivity contribution in [3.63, 3.8) is 0 Å². The molecule has 0 aromatic carbocycles. The predicted molar refractivity (Wildman–Crippen MR) is 108 cm³/mol. The van der Waals surface area contributed by atoms with Crippen LogP contribution in [0.4, 0.5) is 0 Å². The van der Waals surface area contributed by atoms with Gasteiger partial charge in [0.25, 0.3) is 5.91 Å². The van der Waals surface area contributed by atoms with Gasteiger partial charge >= 0.3 is 0 Å². The van der Waals surface area contributed by atoms with Crippen molar-refractivity contribution in [3.05, 3.63) is 0 Å². The Morgan fingerprint density at radius 2 is 1.85 bits per heavy atom. The molecule has 1 aliphatic heterocycles. The number of carbonyl (C=O) groups excluding carboxylic acids is 2. The monoisotopic (exact) mass is 384 g/mol. The molecule has 1 heterocycles. The minimum atomic E-state index is -0.438. The molecule has 0 spiro atoms. The van der Waals surface area contributed by atoms with E-state index in [4.69, 9.17) is 9.47 Å². The van der Waals surface area contributed by atoms with Crippen LogP contribution in [0, 0.1) is 0 Å². The number of nitrogens with zero attached hydrogens (tertiary/aromatic N) is 1. The van der Waals surface area contributed by atoms with Crippen LogP contribution < -0.4 is 5.32 Å². The Morgan fingerprint density at radius 3 is 2.48 bits per heavy atom. The molecule has 1 unspecified atom stereocenters. The third kappa shape index (κ3) is 9.06. The fourth-order valence-corrected chi connectivity index (χ4v) is 3.33. The fraction of sp³-hybridized carbons (Fsp3) is 0.905. The first-order chi connectivity index (χ1) is 12.9. The van der Waals surface area contributed by atoms with Crippen molar-refractivity contribution in [2.75, 3.05) is 19.7 Å². The Balaban J connectivity index is 2.49. The van der Waals surface area contributed by atoms with Crippen molar-refractivity contribution < 1.29 is 19.1 Å². The summed E-state index contributed by atoms with van der Waals surface area (Å²) in [6.07, 6.45) is 5.90. The zero-order chi connectivity index (χ0) is 20.2. The molecule has 1 fully saturated rings. The van der Waals surface area contributed by atoms with Gasteiger partial charge in [0.05, 0.1) is 12.2 Å². The normalized spacial score (nSPS) is 18.3. The van der Waals surface area contributed by atoms with E-state index in [1.807, 2.05) is 27.7 Å². The first-order valence-electron chi connectivity index (χ1n) is 10.7. The summed E-state index contributed by atoms with van der Waals surface area (Å²) in [5.74, 6) is -0.0652. The van der Waals surface area contributed by atoms with Gasteiger partial charge in [0.15, 0.2) is 0 Å².